The van der Waals surface area contributed by atoms with E-state index in [1.54, 1.807) is 24.4 Å². The number of phenols is 1. The maximum Gasteiger partial charge on any atom is 0.185 e. The molecule has 2 aromatic heterocycles. The van der Waals surface area contributed by atoms with Crippen molar-refractivity contribution in [3.05, 3.63) is 42.5 Å². The number of hydrogen-bond donors (Lipinski definition) is 4. The number of benzene rings is 1. The van der Waals surface area contributed by atoms with E-state index in [2.05, 4.69) is 71.9 Å². The van der Waals surface area contributed by atoms with Crippen molar-refractivity contribution in [3.8, 4) is 28.3 Å². The van der Waals surface area contributed by atoms with Crippen LogP contribution in [0.5, 0.6) is 5.75 Å². The lowest BCUT2D eigenvalue weighted by Crippen LogP contribution is -2.42. The van der Waals surface area contributed by atoms with Crippen LogP contribution in [0.2, 0.25) is 0 Å². The van der Waals surface area contributed by atoms with Crippen LogP contribution < -0.4 is 4.90 Å². The van der Waals surface area contributed by atoms with Crippen molar-refractivity contribution in [2.75, 3.05) is 11.9 Å². The number of aromatic nitrogens is 4. The predicted octanol–water partition coefficient (Wildman–Crippen LogP) is 7.46. The van der Waals surface area contributed by atoms with E-state index >= 15 is 4.39 Å². The van der Waals surface area contributed by atoms with Gasteiger partial charge in [-0.1, -0.05) is 38.1 Å². The van der Waals surface area contributed by atoms with Crippen LogP contribution in [0, 0.1) is 11.2 Å². The Labute approximate surface area is 249 Å². The molecule has 0 spiro atoms. The van der Waals surface area contributed by atoms with Crippen molar-refractivity contribution < 1.29 is 13.9 Å². The fourth-order valence-corrected chi connectivity index (χ4v) is 6.71. The summed E-state index contributed by atoms with van der Waals surface area (Å²) in [6.45, 7) is 4.42. The van der Waals surface area contributed by atoms with Crippen LogP contribution in [-0.2, 0) is 0 Å². The van der Waals surface area contributed by atoms with Gasteiger partial charge in [0.25, 0.3) is 0 Å². The number of rotatable bonds is 8. The van der Waals surface area contributed by atoms with E-state index < -0.39 is 14.7 Å². The predicted molar refractivity (Wildman–Crippen MR) is 164 cm³/mol. The smallest absolute Gasteiger partial charge is 0.185 e. The second-order valence-corrected chi connectivity index (χ2v) is 15.6. The first-order valence-corrected chi connectivity index (χ1v) is 15.0. The van der Waals surface area contributed by atoms with Gasteiger partial charge in [0.1, 0.15) is 17.7 Å². The fourth-order valence-electron chi connectivity index (χ4n) is 5.31. The van der Waals surface area contributed by atoms with Crippen molar-refractivity contribution in [1.82, 2.24) is 20.2 Å². The molecule has 1 aromatic carbocycles. The third kappa shape index (κ3) is 7.51. The third-order valence-electron chi connectivity index (χ3n) is 7.26. The number of thiol groups is 3. The van der Waals surface area contributed by atoms with Crippen molar-refractivity contribution in [2.24, 2.45) is 5.41 Å². The zero-order valence-corrected chi connectivity index (χ0v) is 25.6. The molecule has 39 heavy (non-hydrogen) atoms. The number of nitrogens with zero attached hydrogens (tertiary/aromatic N) is 5. The maximum absolute atomic E-state index is 15.2. The highest BCUT2D eigenvalue weighted by atomic mass is 32.3. The van der Waals surface area contributed by atoms with Crippen molar-refractivity contribution in [3.63, 3.8) is 0 Å². The van der Waals surface area contributed by atoms with Gasteiger partial charge in [0.05, 0.1) is 29.0 Å². The van der Waals surface area contributed by atoms with Crippen molar-refractivity contribution >= 4 is 55.5 Å². The molecule has 3 atom stereocenters. The Morgan fingerprint density at radius 3 is 2.56 bits per heavy atom. The molecule has 210 valence electrons. The number of pyridine rings is 1. The molecule has 0 saturated heterocycles. The van der Waals surface area contributed by atoms with Gasteiger partial charge < -0.3 is 10.0 Å². The highest BCUT2D eigenvalue weighted by molar-refractivity contribution is 8.36. The minimum atomic E-state index is -0.991. The molecule has 4 rings (SSSR count). The molecule has 3 aromatic rings. The summed E-state index contributed by atoms with van der Waals surface area (Å²) in [6.07, 6.45) is 7.00. The van der Waals surface area contributed by atoms with E-state index in [0.29, 0.717) is 28.4 Å². The number of thioether (sulfide) groups is 1. The van der Waals surface area contributed by atoms with Crippen LogP contribution in [0.4, 0.5) is 14.6 Å². The molecule has 0 aliphatic heterocycles. The number of phenolic OH excluding ortho intramolecular Hbond substituents is 1. The van der Waals surface area contributed by atoms with Gasteiger partial charge in [0, 0.05) is 12.6 Å². The second kappa shape index (κ2) is 12.4. The average molecular weight is 610 g/mol. The number of halogens is 2. The van der Waals surface area contributed by atoms with Gasteiger partial charge >= 0.3 is 0 Å². The van der Waals surface area contributed by atoms with E-state index in [0.717, 1.165) is 50.1 Å². The Kier molecular flexibility index (Phi) is 9.60. The Morgan fingerprint density at radius 2 is 1.92 bits per heavy atom. The molecule has 0 bridgehead atoms. The molecule has 1 fully saturated rings. The average Bonchev–Trinajstić information content (AvgIpc) is 3.02. The van der Waals surface area contributed by atoms with Crippen LogP contribution in [0.3, 0.4) is 0 Å². The molecule has 6 nitrogen and oxygen atoms in total. The first kappa shape index (κ1) is 30.2. The standard InChI is InChI=1S/C27H33F2N5OS4/c1-4-9-26(2)10-5-6-19(28)21(13-26)34(3)23-15-31-25(33-32-23)17-8-7-16(11-22(17)35)18-12-24(30-14-20(18)29)39-27(36,37)38/h7-8,11-12,14-15,19,21,35-38H,4-6,9-10,13H2,1-3H3/t19-,21+,26+/m0/s1. The van der Waals surface area contributed by atoms with E-state index in [9.17, 15) is 9.50 Å². The van der Waals surface area contributed by atoms with Gasteiger partial charge in [-0.15, -0.1) is 48.1 Å². The van der Waals surface area contributed by atoms with Crippen LogP contribution in [0.25, 0.3) is 22.5 Å². The molecular weight excluding hydrogens is 577 g/mol. The highest BCUT2D eigenvalue weighted by Crippen LogP contribution is 2.43. The molecule has 1 N–H and O–H groups in total. The summed E-state index contributed by atoms with van der Waals surface area (Å²) in [5.41, 5.74) is 1.14. The monoisotopic (exact) mass is 609 g/mol. The van der Waals surface area contributed by atoms with Gasteiger partial charge in [-0.2, -0.15) is 0 Å². The third-order valence-corrected chi connectivity index (χ3v) is 8.79. The Morgan fingerprint density at radius 1 is 1.15 bits per heavy atom. The highest BCUT2D eigenvalue weighted by Gasteiger charge is 2.37. The van der Waals surface area contributed by atoms with Crippen LogP contribution in [0.15, 0.2) is 41.7 Å². The lowest BCUT2D eigenvalue weighted by atomic mass is 9.77. The molecule has 0 amide bonds. The van der Waals surface area contributed by atoms with E-state index in [-0.39, 0.29) is 28.6 Å². The summed E-state index contributed by atoms with van der Waals surface area (Å²) in [6, 6.07) is 5.95. The minimum absolute atomic E-state index is 0.0892. The zero-order chi connectivity index (χ0) is 28.4. The molecular formula is C27H33F2N5OS4. The van der Waals surface area contributed by atoms with Gasteiger partial charge in [-0.3, -0.25) is 0 Å². The van der Waals surface area contributed by atoms with Crippen molar-refractivity contribution in [2.45, 2.75) is 72.4 Å². The lowest BCUT2D eigenvalue weighted by Gasteiger charge is -2.36. The van der Waals surface area contributed by atoms with Crippen LogP contribution in [-0.4, -0.2) is 47.3 Å². The molecule has 1 aliphatic carbocycles. The van der Waals surface area contributed by atoms with Gasteiger partial charge in [-0.25, -0.2) is 18.7 Å². The largest absolute Gasteiger partial charge is 0.507 e. The minimum Gasteiger partial charge on any atom is -0.507 e. The number of hydrogen-bond acceptors (Lipinski definition) is 10. The van der Waals surface area contributed by atoms with E-state index in [4.69, 9.17) is 0 Å². The summed E-state index contributed by atoms with van der Waals surface area (Å²) in [7, 11) is 1.83. The molecule has 1 aliphatic rings. The van der Waals surface area contributed by atoms with Crippen LogP contribution in [0.1, 0.15) is 52.4 Å². The van der Waals surface area contributed by atoms with E-state index in [1.807, 2.05) is 11.9 Å². The van der Waals surface area contributed by atoms with E-state index in [1.165, 1.54) is 6.07 Å². The summed E-state index contributed by atoms with van der Waals surface area (Å²) in [5, 5.41) is 19.8. The molecule has 12 heteroatoms. The Hall–Kier alpha value is -1.76. The lowest BCUT2D eigenvalue weighted by molar-refractivity contribution is 0.207. The number of anilines is 1. The number of aromatic hydroxyl groups is 1. The maximum atomic E-state index is 15.2. The number of alkyl halides is 1. The normalized spacial score (nSPS) is 21.9. The summed E-state index contributed by atoms with van der Waals surface area (Å²) in [4.78, 5) is 10.3. The van der Waals surface area contributed by atoms with Crippen LogP contribution >= 0.6 is 49.6 Å². The molecule has 0 radical (unpaired) electrons. The molecule has 0 unspecified atom stereocenters. The summed E-state index contributed by atoms with van der Waals surface area (Å²) >= 11 is 13.8. The SMILES string of the molecule is CCC[C@]1(C)CCC[C@H](F)[C@H](N(C)c2cnc(-c3ccc(-c4cc(SC(S)(S)S)ncc4F)cc3O)nn2)C1. The summed E-state index contributed by atoms with van der Waals surface area (Å²) < 4.78 is 28.7. The first-order chi connectivity index (χ1) is 18.4. The summed E-state index contributed by atoms with van der Waals surface area (Å²) in [5.74, 6) is 0.0113. The Bertz CT molecular complexity index is 1290. The molecule has 2 heterocycles. The fraction of sp³-hybridized carbons (Fsp3) is 0.481. The van der Waals surface area contributed by atoms with Gasteiger partial charge in [0.2, 0.25) is 0 Å². The quantitative estimate of drug-likeness (QED) is 0.0914. The van der Waals surface area contributed by atoms with Gasteiger partial charge in [0.15, 0.2) is 14.4 Å². The zero-order valence-electron chi connectivity index (χ0n) is 22.1. The topological polar surface area (TPSA) is 75.0 Å². The van der Waals surface area contributed by atoms with Crippen molar-refractivity contribution in [1.29, 1.82) is 0 Å². The van der Waals surface area contributed by atoms with Gasteiger partial charge in [-0.05, 0) is 61.3 Å². The molecule has 1 saturated carbocycles. The second-order valence-electron chi connectivity index (χ2n) is 10.4. The Balaban J connectivity index is 1.55. The first-order valence-electron chi connectivity index (χ1n) is 12.8.